The molecule has 28 heavy (non-hydrogen) atoms. The van der Waals surface area contributed by atoms with E-state index in [2.05, 4.69) is 15.6 Å². The van der Waals surface area contributed by atoms with Gasteiger partial charge in [0, 0.05) is 25.4 Å². The Morgan fingerprint density at radius 1 is 1.25 bits per heavy atom. The van der Waals surface area contributed by atoms with Crippen LogP contribution in [0.5, 0.6) is 0 Å². The third-order valence-electron chi connectivity index (χ3n) is 4.70. The molecule has 1 aromatic heterocycles. The zero-order valence-electron chi connectivity index (χ0n) is 15.8. The van der Waals surface area contributed by atoms with Crippen molar-refractivity contribution in [2.24, 2.45) is 0 Å². The second-order valence-corrected chi connectivity index (χ2v) is 7.65. The van der Waals surface area contributed by atoms with Crippen LogP contribution in [0, 0.1) is 0 Å². The Kier molecular flexibility index (Phi) is 6.76. The molecule has 3 amide bonds. The molecule has 2 N–H and O–H groups in total. The minimum Gasteiger partial charge on any atom is -0.357 e. The molecule has 1 aromatic carbocycles. The van der Waals surface area contributed by atoms with Crippen LogP contribution in [0.1, 0.15) is 29.1 Å². The summed E-state index contributed by atoms with van der Waals surface area (Å²) >= 11 is 1.53. The Balaban J connectivity index is 1.47. The predicted molar refractivity (Wildman–Crippen MR) is 107 cm³/mol. The molecule has 3 rings (SSSR count). The zero-order chi connectivity index (χ0) is 19.9. The lowest BCUT2D eigenvalue weighted by Gasteiger charge is -2.23. The number of likely N-dealkylation sites (tertiary alicyclic amines) is 1. The van der Waals surface area contributed by atoms with Gasteiger partial charge in [0.2, 0.25) is 17.7 Å². The van der Waals surface area contributed by atoms with E-state index in [0.29, 0.717) is 18.7 Å². The maximum atomic E-state index is 12.4. The molecular formula is C20H24N4O3S. The lowest BCUT2D eigenvalue weighted by molar-refractivity contribution is -0.138. The van der Waals surface area contributed by atoms with Crippen LogP contribution < -0.4 is 10.6 Å². The van der Waals surface area contributed by atoms with E-state index in [1.807, 2.05) is 35.7 Å². The van der Waals surface area contributed by atoms with Crippen LogP contribution >= 0.6 is 11.3 Å². The lowest BCUT2D eigenvalue weighted by atomic mass is 10.2. The van der Waals surface area contributed by atoms with E-state index in [1.165, 1.54) is 16.9 Å². The number of benzene rings is 1. The summed E-state index contributed by atoms with van der Waals surface area (Å²) in [6, 6.07) is 9.61. The molecular weight excluding hydrogens is 376 g/mol. The van der Waals surface area contributed by atoms with Crippen molar-refractivity contribution in [1.82, 2.24) is 20.5 Å². The van der Waals surface area contributed by atoms with E-state index < -0.39 is 6.04 Å². The van der Waals surface area contributed by atoms with Crippen LogP contribution in [0.3, 0.4) is 0 Å². The topological polar surface area (TPSA) is 91.4 Å². The zero-order valence-corrected chi connectivity index (χ0v) is 16.6. The molecule has 2 aromatic rings. The van der Waals surface area contributed by atoms with Crippen molar-refractivity contribution in [3.63, 3.8) is 0 Å². The number of hydrogen-bond acceptors (Lipinski definition) is 5. The van der Waals surface area contributed by atoms with Crippen molar-refractivity contribution in [3.8, 4) is 0 Å². The van der Waals surface area contributed by atoms with Gasteiger partial charge in [0.1, 0.15) is 6.04 Å². The molecule has 7 nitrogen and oxygen atoms in total. The molecule has 1 unspecified atom stereocenters. The van der Waals surface area contributed by atoms with Crippen molar-refractivity contribution in [2.45, 2.75) is 31.7 Å². The summed E-state index contributed by atoms with van der Waals surface area (Å²) in [6.45, 7) is 0.440. The number of hydrogen-bond donors (Lipinski definition) is 2. The first kappa shape index (κ1) is 20.0. The van der Waals surface area contributed by atoms with Crippen molar-refractivity contribution in [1.29, 1.82) is 0 Å². The molecule has 1 saturated heterocycles. The Bertz CT molecular complexity index is 837. The van der Waals surface area contributed by atoms with Crippen LogP contribution in [-0.4, -0.2) is 53.8 Å². The van der Waals surface area contributed by atoms with Crippen LogP contribution in [0.4, 0.5) is 0 Å². The highest BCUT2D eigenvalue weighted by Gasteiger charge is 2.33. The monoisotopic (exact) mass is 400 g/mol. The van der Waals surface area contributed by atoms with Crippen LogP contribution in [0.25, 0.3) is 0 Å². The number of rotatable bonds is 7. The quantitative estimate of drug-likeness (QED) is 0.729. The molecule has 0 bridgehead atoms. The van der Waals surface area contributed by atoms with Gasteiger partial charge >= 0.3 is 0 Å². The predicted octanol–water partition coefficient (Wildman–Crippen LogP) is 1.13. The molecule has 0 spiro atoms. The van der Waals surface area contributed by atoms with Crippen molar-refractivity contribution >= 4 is 29.1 Å². The minimum atomic E-state index is -0.437. The van der Waals surface area contributed by atoms with E-state index >= 15 is 0 Å². The molecule has 0 saturated carbocycles. The van der Waals surface area contributed by atoms with Gasteiger partial charge in [0.25, 0.3) is 0 Å². The summed E-state index contributed by atoms with van der Waals surface area (Å²) in [7, 11) is 1.56. The number of carbonyl (C=O) groups excluding carboxylic acids is 3. The minimum absolute atomic E-state index is 0.104. The van der Waals surface area contributed by atoms with Gasteiger partial charge in [-0.05, 0) is 18.4 Å². The molecule has 1 aliphatic rings. The molecule has 1 fully saturated rings. The fourth-order valence-corrected chi connectivity index (χ4v) is 4.12. The van der Waals surface area contributed by atoms with Gasteiger partial charge < -0.3 is 15.5 Å². The maximum absolute atomic E-state index is 12.4. The fourth-order valence-electron chi connectivity index (χ4n) is 3.29. The largest absolute Gasteiger partial charge is 0.357 e. The van der Waals surface area contributed by atoms with Gasteiger partial charge in [-0.3, -0.25) is 14.4 Å². The first-order valence-corrected chi connectivity index (χ1v) is 10.2. The van der Waals surface area contributed by atoms with E-state index in [1.54, 1.807) is 11.9 Å². The molecule has 1 atom stereocenters. The number of nitrogens with zero attached hydrogens (tertiary/aromatic N) is 2. The van der Waals surface area contributed by atoms with Crippen molar-refractivity contribution < 1.29 is 14.4 Å². The third kappa shape index (κ3) is 5.16. The molecule has 8 heteroatoms. The summed E-state index contributed by atoms with van der Waals surface area (Å²) in [5.74, 6) is -0.645. The summed E-state index contributed by atoms with van der Waals surface area (Å²) < 4.78 is 0. The van der Waals surface area contributed by atoms with Gasteiger partial charge in [-0.25, -0.2) is 4.98 Å². The fraction of sp³-hybridized carbons (Fsp3) is 0.400. The summed E-state index contributed by atoms with van der Waals surface area (Å²) in [4.78, 5) is 42.4. The summed E-state index contributed by atoms with van der Waals surface area (Å²) in [6.07, 6.45) is 2.32. The van der Waals surface area contributed by atoms with Crippen molar-refractivity contribution in [3.05, 3.63) is 52.0 Å². The second kappa shape index (κ2) is 9.45. The second-order valence-electron chi connectivity index (χ2n) is 6.71. The lowest BCUT2D eigenvalue weighted by Crippen LogP contribution is -2.48. The number of carbonyl (C=O) groups is 3. The number of amides is 3. The van der Waals surface area contributed by atoms with Crippen molar-refractivity contribution in [2.75, 3.05) is 20.1 Å². The van der Waals surface area contributed by atoms with Crippen LogP contribution in [-0.2, 0) is 27.2 Å². The number of thiazole rings is 1. The Labute approximate surface area is 168 Å². The van der Waals surface area contributed by atoms with Crippen LogP contribution in [0.15, 0.2) is 35.7 Å². The highest BCUT2D eigenvalue weighted by Crippen LogP contribution is 2.17. The highest BCUT2D eigenvalue weighted by molar-refractivity contribution is 7.09. The van der Waals surface area contributed by atoms with Gasteiger partial charge in [-0.2, -0.15) is 0 Å². The molecule has 0 radical (unpaired) electrons. The Morgan fingerprint density at radius 2 is 2.04 bits per heavy atom. The van der Waals surface area contributed by atoms with E-state index in [-0.39, 0.29) is 30.7 Å². The summed E-state index contributed by atoms with van der Waals surface area (Å²) in [5.41, 5.74) is 1.88. The van der Waals surface area contributed by atoms with Gasteiger partial charge in [0.15, 0.2) is 0 Å². The third-order valence-corrected chi connectivity index (χ3v) is 5.60. The number of likely N-dealkylation sites (N-methyl/N-ethyl adjacent to an activating group) is 1. The first-order valence-electron chi connectivity index (χ1n) is 9.32. The Morgan fingerprint density at radius 3 is 2.79 bits per heavy atom. The molecule has 0 aliphatic carbocycles. The SMILES string of the molecule is CNC(=O)C1CCCN1C(=O)CNC(=O)Cc1csc(Cc2ccccc2)n1. The van der Waals surface area contributed by atoms with E-state index in [0.717, 1.165) is 17.8 Å². The van der Waals surface area contributed by atoms with E-state index in [9.17, 15) is 14.4 Å². The average Bonchev–Trinajstić information content (AvgIpc) is 3.36. The van der Waals surface area contributed by atoms with Gasteiger partial charge in [0.05, 0.1) is 23.7 Å². The Hall–Kier alpha value is -2.74. The smallest absolute Gasteiger partial charge is 0.242 e. The number of nitrogens with one attached hydrogen (secondary N) is 2. The number of aromatic nitrogens is 1. The maximum Gasteiger partial charge on any atom is 0.242 e. The van der Waals surface area contributed by atoms with Gasteiger partial charge in [-0.1, -0.05) is 30.3 Å². The standard InChI is InChI=1S/C20H24N4O3S/c1-21-20(27)16-8-5-9-24(16)19(26)12-22-17(25)11-15-13-28-18(23-15)10-14-6-3-2-4-7-14/h2-4,6-7,13,16H,5,8-12H2,1H3,(H,21,27)(H,22,25). The first-order chi connectivity index (χ1) is 13.6. The summed E-state index contributed by atoms with van der Waals surface area (Å²) in [5, 5.41) is 8.06. The molecule has 1 aliphatic heterocycles. The van der Waals surface area contributed by atoms with E-state index in [4.69, 9.17) is 0 Å². The highest BCUT2D eigenvalue weighted by atomic mass is 32.1. The van der Waals surface area contributed by atoms with Crippen LogP contribution in [0.2, 0.25) is 0 Å². The molecule has 148 valence electrons. The van der Waals surface area contributed by atoms with Gasteiger partial charge in [-0.15, -0.1) is 11.3 Å². The average molecular weight is 401 g/mol. The normalized spacial score (nSPS) is 16.0. The molecule has 2 heterocycles.